The molecule has 0 aliphatic heterocycles. The molecule has 1 amide bonds. The molecule has 0 bridgehead atoms. The van der Waals surface area contributed by atoms with Crippen LogP contribution in [0, 0.1) is 19.8 Å². The Kier molecular flexibility index (Phi) is 4.58. The lowest BCUT2D eigenvalue weighted by Gasteiger charge is -2.27. The quantitative estimate of drug-likeness (QED) is 0.886. The molecule has 1 aromatic heterocycles. The van der Waals surface area contributed by atoms with Gasteiger partial charge in [0.1, 0.15) is 17.6 Å². The standard InChI is InChI=1S/C13H19N3O3/c1-7(2)11(13(18)19)16(5)12(17)10-6-8(3)14-9(4)15-10/h6-7,11H,1-5H3,(H,18,19). The van der Waals surface area contributed by atoms with Gasteiger partial charge in [-0.05, 0) is 25.8 Å². The number of carboxylic acid groups (broad SMARTS) is 1. The van der Waals surface area contributed by atoms with E-state index in [2.05, 4.69) is 9.97 Å². The SMILES string of the molecule is Cc1cc(C(=O)N(C)C(C(=O)O)C(C)C)nc(C)n1. The average Bonchev–Trinajstić information content (AvgIpc) is 2.25. The zero-order valence-corrected chi connectivity index (χ0v) is 11.8. The Morgan fingerprint density at radius 3 is 2.26 bits per heavy atom. The number of hydrogen-bond donors (Lipinski definition) is 1. The van der Waals surface area contributed by atoms with Gasteiger partial charge in [0, 0.05) is 12.7 Å². The van der Waals surface area contributed by atoms with Gasteiger partial charge < -0.3 is 10.0 Å². The summed E-state index contributed by atoms with van der Waals surface area (Å²) < 4.78 is 0. The van der Waals surface area contributed by atoms with Gasteiger partial charge in [0.2, 0.25) is 0 Å². The van der Waals surface area contributed by atoms with E-state index >= 15 is 0 Å². The molecular formula is C13H19N3O3. The number of aliphatic carboxylic acids is 1. The van der Waals surface area contributed by atoms with Gasteiger partial charge in [-0.1, -0.05) is 13.8 Å². The molecule has 0 fully saturated rings. The Morgan fingerprint density at radius 2 is 1.84 bits per heavy atom. The molecule has 1 aromatic rings. The molecule has 0 spiro atoms. The van der Waals surface area contributed by atoms with Crippen LogP contribution in [0.5, 0.6) is 0 Å². The first-order valence-electron chi connectivity index (χ1n) is 6.06. The topological polar surface area (TPSA) is 83.4 Å². The summed E-state index contributed by atoms with van der Waals surface area (Å²) in [6, 6.07) is 0.688. The third-order valence-corrected chi connectivity index (χ3v) is 2.81. The molecule has 6 nitrogen and oxygen atoms in total. The number of rotatable bonds is 4. The number of nitrogens with zero attached hydrogens (tertiary/aromatic N) is 3. The fourth-order valence-corrected chi connectivity index (χ4v) is 2.03. The largest absolute Gasteiger partial charge is 0.480 e. The lowest BCUT2D eigenvalue weighted by Crippen LogP contribution is -2.46. The summed E-state index contributed by atoms with van der Waals surface area (Å²) in [5.74, 6) is -1.12. The number of carboxylic acids is 1. The normalized spacial score (nSPS) is 12.3. The molecule has 1 atom stereocenters. The third-order valence-electron chi connectivity index (χ3n) is 2.81. The number of hydrogen-bond acceptors (Lipinski definition) is 4. The molecule has 0 saturated heterocycles. The van der Waals surface area contributed by atoms with Crippen LogP contribution in [-0.2, 0) is 4.79 Å². The highest BCUT2D eigenvalue weighted by Gasteiger charge is 2.30. The van der Waals surface area contributed by atoms with Gasteiger partial charge in [0.25, 0.3) is 5.91 Å². The lowest BCUT2D eigenvalue weighted by atomic mass is 10.0. The molecule has 0 radical (unpaired) electrons. The number of aromatic nitrogens is 2. The molecule has 104 valence electrons. The van der Waals surface area contributed by atoms with Crippen molar-refractivity contribution in [2.45, 2.75) is 33.7 Å². The molecule has 0 saturated carbocycles. The van der Waals surface area contributed by atoms with Crippen molar-refractivity contribution in [1.82, 2.24) is 14.9 Å². The average molecular weight is 265 g/mol. The van der Waals surface area contributed by atoms with Crippen LogP contribution < -0.4 is 0 Å². The fraction of sp³-hybridized carbons (Fsp3) is 0.538. The number of carbonyl (C=O) groups excluding carboxylic acids is 1. The van der Waals surface area contributed by atoms with Crippen LogP contribution in [-0.4, -0.2) is 44.9 Å². The van der Waals surface area contributed by atoms with Crippen LogP contribution in [0.25, 0.3) is 0 Å². The maximum Gasteiger partial charge on any atom is 0.326 e. The number of aryl methyl sites for hydroxylation is 2. The molecule has 1 rings (SSSR count). The summed E-state index contributed by atoms with van der Waals surface area (Å²) in [5.41, 5.74) is 0.903. The van der Waals surface area contributed by atoms with Crippen LogP contribution >= 0.6 is 0 Å². The summed E-state index contributed by atoms with van der Waals surface area (Å²) in [4.78, 5) is 32.9. The van der Waals surface area contributed by atoms with Crippen molar-refractivity contribution in [3.63, 3.8) is 0 Å². The molecule has 0 aliphatic rings. The van der Waals surface area contributed by atoms with E-state index in [-0.39, 0.29) is 11.6 Å². The van der Waals surface area contributed by atoms with Crippen LogP contribution in [0.1, 0.15) is 35.9 Å². The van der Waals surface area contributed by atoms with E-state index in [4.69, 9.17) is 0 Å². The smallest absolute Gasteiger partial charge is 0.326 e. The fourth-order valence-electron chi connectivity index (χ4n) is 2.03. The van der Waals surface area contributed by atoms with E-state index in [1.807, 2.05) is 0 Å². The number of likely N-dealkylation sites (N-methyl/N-ethyl adjacent to an activating group) is 1. The molecule has 0 aromatic carbocycles. The summed E-state index contributed by atoms with van der Waals surface area (Å²) in [6.45, 7) is 6.99. The van der Waals surface area contributed by atoms with Crippen molar-refractivity contribution in [2.75, 3.05) is 7.05 Å². The Morgan fingerprint density at radius 1 is 1.26 bits per heavy atom. The Hall–Kier alpha value is -1.98. The van der Waals surface area contributed by atoms with E-state index < -0.39 is 17.9 Å². The monoisotopic (exact) mass is 265 g/mol. The minimum absolute atomic E-state index is 0.185. The van der Waals surface area contributed by atoms with Crippen molar-refractivity contribution >= 4 is 11.9 Å². The first-order valence-corrected chi connectivity index (χ1v) is 6.06. The van der Waals surface area contributed by atoms with E-state index in [0.29, 0.717) is 11.5 Å². The Balaban J connectivity index is 3.07. The summed E-state index contributed by atoms with van der Waals surface area (Å²) >= 11 is 0. The Labute approximate surface area is 112 Å². The van der Waals surface area contributed by atoms with E-state index in [0.717, 1.165) is 0 Å². The van der Waals surface area contributed by atoms with Gasteiger partial charge in [-0.25, -0.2) is 14.8 Å². The van der Waals surface area contributed by atoms with Crippen LogP contribution in [0.15, 0.2) is 6.07 Å². The van der Waals surface area contributed by atoms with Crippen molar-refractivity contribution in [1.29, 1.82) is 0 Å². The summed E-state index contributed by atoms with van der Waals surface area (Å²) in [6.07, 6.45) is 0. The Bertz CT molecular complexity index is 480. The first-order chi connectivity index (χ1) is 8.73. The molecular weight excluding hydrogens is 246 g/mol. The number of carbonyl (C=O) groups is 2. The molecule has 1 heterocycles. The van der Waals surface area contributed by atoms with Crippen molar-refractivity contribution in [3.05, 3.63) is 23.3 Å². The third kappa shape index (κ3) is 3.49. The predicted molar refractivity (Wildman–Crippen MR) is 69.9 cm³/mol. The highest BCUT2D eigenvalue weighted by atomic mass is 16.4. The number of amides is 1. The molecule has 0 aliphatic carbocycles. The molecule has 1 N–H and O–H groups in total. The second kappa shape index (κ2) is 5.77. The van der Waals surface area contributed by atoms with Crippen LogP contribution in [0.3, 0.4) is 0 Å². The molecule has 1 unspecified atom stereocenters. The maximum atomic E-state index is 12.3. The van der Waals surface area contributed by atoms with Crippen LogP contribution in [0.4, 0.5) is 0 Å². The second-order valence-electron chi connectivity index (χ2n) is 4.88. The highest BCUT2D eigenvalue weighted by Crippen LogP contribution is 2.13. The van der Waals surface area contributed by atoms with E-state index in [1.54, 1.807) is 33.8 Å². The molecule has 19 heavy (non-hydrogen) atoms. The summed E-state index contributed by atoms with van der Waals surface area (Å²) in [7, 11) is 1.48. The predicted octanol–water partition coefficient (Wildman–Crippen LogP) is 1.27. The van der Waals surface area contributed by atoms with Gasteiger partial charge in [-0.15, -0.1) is 0 Å². The van der Waals surface area contributed by atoms with E-state index in [9.17, 15) is 14.7 Å². The van der Waals surface area contributed by atoms with Crippen molar-refractivity contribution in [2.24, 2.45) is 5.92 Å². The van der Waals surface area contributed by atoms with Gasteiger partial charge in [-0.2, -0.15) is 0 Å². The molecule has 6 heteroatoms. The van der Waals surface area contributed by atoms with Crippen molar-refractivity contribution in [3.8, 4) is 0 Å². The lowest BCUT2D eigenvalue weighted by molar-refractivity contribution is -0.143. The maximum absolute atomic E-state index is 12.3. The minimum Gasteiger partial charge on any atom is -0.480 e. The van der Waals surface area contributed by atoms with Crippen LogP contribution in [0.2, 0.25) is 0 Å². The summed E-state index contributed by atoms with van der Waals surface area (Å²) in [5, 5.41) is 9.19. The zero-order valence-electron chi connectivity index (χ0n) is 11.8. The van der Waals surface area contributed by atoms with Gasteiger partial charge in [0.15, 0.2) is 0 Å². The van der Waals surface area contributed by atoms with E-state index in [1.165, 1.54) is 11.9 Å². The first kappa shape index (κ1) is 15.1. The second-order valence-corrected chi connectivity index (χ2v) is 4.88. The van der Waals surface area contributed by atoms with Gasteiger partial charge in [-0.3, -0.25) is 4.79 Å². The van der Waals surface area contributed by atoms with Gasteiger partial charge >= 0.3 is 5.97 Å². The highest BCUT2D eigenvalue weighted by molar-refractivity contribution is 5.95. The van der Waals surface area contributed by atoms with Gasteiger partial charge in [0.05, 0.1) is 0 Å². The van der Waals surface area contributed by atoms with Crippen molar-refractivity contribution < 1.29 is 14.7 Å². The minimum atomic E-state index is -1.02. The zero-order chi connectivity index (χ0) is 14.7.